The Morgan fingerprint density at radius 2 is 1.64 bits per heavy atom. The number of ether oxygens (including phenoxy) is 1. The largest absolute Gasteiger partial charge is 0.494 e. The Kier molecular flexibility index (Phi) is 5.14. The summed E-state index contributed by atoms with van der Waals surface area (Å²) in [5.41, 5.74) is 1.86. The van der Waals surface area contributed by atoms with Gasteiger partial charge in [-0.3, -0.25) is 9.59 Å². The highest BCUT2D eigenvalue weighted by atomic mass is 16.5. The highest BCUT2D eigenvalue weighted by molar-refractivity contribution is 6.04. The lowest BCUT2D eigenvalue weighted by atomic mass is 10.2. The predicted molar refractivity (Wildman–Crippen MR) is 86.3 cm³/mol. The van der Waals surface area contributed by atoms with Gasteiger partial charge in [0.25, 0.3) is 5.91 Å². The number of hydrogen-bond donors (Lipinski definition) is 2. The third kappa shape index (κ3) is 4.34. The summed E-state index contributed by atoms with van der Waals surface area (Å²) in [6.45, 7) is 3.89. The molecule has 0 radical (unpaired) electrons. The van der Waals surface area contributed by atoms with E-state index in [4.69, 9.17) is 4.74 Å². The van der Waals surface area contributed by atoms with Gasteiger partial charge in [0, 0.05) is 23.9 Å². The van der Waals surface area contributed by atoms with E-state index in [-0.39, 0.29) is 11.8 Å². The van der Waals surface area contributed by atoms with E-state index >= 15 is 0 Å². The number of hydrogen-bond acceptors (Lipinski definition) is 3. The topological polar surface area (TPSA) is 67.4 Å². The van der Waals surface area contributed by atoms with Crippen molar-refractivity contribution in [1.29, 1.82) is 0 Å². The monoisotopic (exact) mass is 298 g/mol. The molecular formula is C17H18N2O3. The number of carbonyl (C=O) groups is 2. The van der Waals surface area contributed by atoms with Crippen molar-refractivity contribution < 1.29 is 14.3 Å². The minimum absolute atomic E-state index is 0.135. The van der Waals surface area contributed by atoms with Gasteiger partial charge in [0.2, 0.25) is 5.91 Å². The zero-order valence-electron chi connectivity index (χ0n) is 12.6. The van der Waals surface area contributed by atoms with Crippen molar-refractivity contribution in [3.8, 4) is 5.75 Å². The number of benzene rings is 2. The summed E-state index contributed by atoms with van der Waals surface area (Å²) < 4.78 is 5.38. The van der Waals surface area contributed by atoms with Gasteiger partial charge in [0.1, 0.15) is 5.75 Å². The van der Waals surface area contributed by atoms with Crippen molar-refractivity contribution >= 4 is 23.2 Å². The quantitative estimate of drug-likeness (QED) is 0.890. The van der Waals surface area contributed by atoms with Crippen LogP contribution in [0, 0.1) is 0 Å². The van der Waals surface area contributed by atoms with Crippen molar-refractivity contribution in [1.82, 2.24) is 0 Å². The highest BCUT2D eigenvalue weighted by Gasteiger charge is 2.07. The molecular weight excluding hydrogens is 280 g/mol. The van der Waals surface area contributed by atoms with E-state index in [9.17, 15) is 9.59 Å². The van der Waals surface area contributed by atoms with Crippen LogP contribution < -0.4 is 15.4 Å². The molecule has 0 spiro atoms. The van der Waals surface area contributed by atoms with Crippen LogP contribution in [-0.2, 0) is 4.79 Å². The zero-order chi connectivity index (χ0) is 15.9. The maximum absolute atomic E-state index is 12.2. The first-order valence-corrected chi connectivity index (χ1v) is 7.00. The molecule has 0 heterocycles. The van der Waals surface area contributed by atoms with Crippen LogP contribution in [0.5, 0.6) is 5.75 Å². The molecule has 0 aliphatic heterocycles. The number of nitrogens with one attached hydrogen (secondary N) is 2. The number of amides is 2. The Bertz CT molecular complexity index is 666. The predicted octanol–water partition coefficient (Wildman–Crippen LogP) is 3.30. The number of carbonyl (C=O) groups excluding carboxylic acids is 2. The molecule has 2 rings (SSSR count). The lowest BCUT2D eigenvalue weighted by molar-refractivity contribution is -0.114. The van der Waals surface area contributed by atoms with Gasteiger partial charge in [0.05, 0.1) is 6.61 Å². The van der Waals surface area contributed by atoms with Gasteiger partial charge in [-0.05, 0) is 49.4 Å². The Morgan fingerprint density at radius 1 is 1.00 bits per heavy atom. The molecule has 5 heteroatoms. The molecule has 0 fully saturated rings. The number of anilines is 2. The van der Waals surface area contributed by atoms with Crippen molar-refractivity contribution in [3.05, 3.63) is 54.1 Å². The Morgan fingerprint density at radius 3 is 2.23 bits per heavy atom. The fourth-order valence-electron chi connectivity index (χ4n) is 1.94. The maximum Gasteiger partial charge on any atom is 0.255 e. The fraction of sp³-hybridized carbons (Fsp3) is 0.176. The first kappa shape index (κ1) is 15.6. The summed E-state index contributed by atoms with van der Waals surface area (Å²) in [6, 6.07) is 13.9. The molecule has 0 aromatic heterocycles. The Balaban J connectivity index is 2.05. The second-order valence-electron chi connectivity index (χ2n) is 4.67. The van der Waals surface area contributed by atoms with Crippen molar-refractivity contribution in [2.45, 2.75) is 13.8 Å². The van der Waals surface area contributed by atoms with E-state index in [1.165, 1.54) is 6.92 Å². The Hall–Kier alpha value is -2.82. The van der Waals surface area contributed by atoms with Gasteiger partial charge in [-0.25, -0.2) is 0 Å². The lowest BCUT2D eigenvalue weighted by Gasteiger charge is -2.08. The van der Waals surface area contributed by atoms with Gasteiger partial charge in [-0.2, -0.15) is 0 Å². The summed E-state index contributed by atoms with van der Waals surface area (Å²) in [5.74, 6) is 0.314. The second-order valence-corrected chi connectivity index (χ2v) is 4.67. The molecule has 2 N–H and O–H groups in total. The molecule has 0 saturated carbocycles. The van der Waals surface area contributed by atoms with Crippen LogP contribution in [0.2, 0.25) is 0 Å². The zero-order valence-corrected chi connectivity index (χ0v) is 12.6. The van der Waals surface area contributed by atoms with Crippen LogP contribution in [0.1, 0.15) is 24.2 Å². The van der Waals surface area contributed by atoms with Gasteiger partial charge in [0.15, 0.2) is 0 Å². The van der Waals surface area contributed by atoms with Crippen LogP contribution in [0.4, 0.5) is 11.4 Å². The minimum Gasteiger partial charge on any atom is -0.494 e. The Labute approximate surface area is 129 Å². The van der Waals surface area contributed by atoms with E-state index in [0.717, 1.165) is 0 Å². The molecule has 0 aliphatic rings. The molecule has 114 valence electrons. The summed E-state index contributed by atoms with van der Waals surface area (Å²) >= 11 is 0. The molecule has 0 saturated heterocycles. The molecule has 0 bridgehead atoms. The molecule has 2 aromatic carbocycles. The molecule has 0 atom stereocenters. The van der Waals surface area contributed by atoms with Crippen LogP contribution in [0.25, 0.3) is 0 Å². The highest BCUT2D eigenvalue weighted by Crippen LogP contribution is 2.17. The summed E-state index contributed by atoms with van der Waals surface area (Å²) in [6.07, 6.45) is 0. The van der Waals surface area contributed by atoms with Crippen molar-refractivity contribution in [2.75, 3.05) is 17.2 Å². The third-order valence-corrected chi connectivity index (χ3v) is 2.87. The smallest absolute Gasteiger partial charge is 0.255 e. The van der Waals surface area contributed by atoms with Gasteiger partial charge < -0.3 is 15.4 Å². The van der Waals surface area contributed by atoms with E-state index in [2.05, 4.69) is 10.6 Å². The molecule has 0 unspecified atom stereocenters. The van der Waals surface area contributed by atoms with Crippen LogP contribution in [0.15, 0.2) is 48.5 Å². The molecule has 5 nitrogen and oxygen atoms in total. The van der Waals surface area contributed by atoms with E-state index in [0.29, 0.717) is 29.3 Å². The van der Waals surface area contributed by atoms with Gasteiger partial charge in [-0.15, -0.1) is 0 Å². The SMILES string of the molecule is CCOc1cccc(C(=O)Nc2ccc(NC(C)=O)cc2)c1. The fourth-order valence-corrected chi connectivity index (χ4v) is 1.94. The summed E-state index contributed by atoms with van der Waals surface area (Å²) in [5, 5.41) is 5.47. The standard InChI is InChI=1S/C17H18N2O3/c1-3-22-16-6-4-5-13(11-16)17(21)19-15-9-7-14(8-10-15)18-12(2)20/h4-11H,3H2,1-2H3,(H,18,20)(H,19,21). The number of rotatable bonds is 5. The minimum atomic E-state index is -0.214. The molecule has 22 heavy (non-hydrogen) atoms. The van der Waals surface area contributed by atoms with Gasteiger partial charge in [-0.1, -0.05) is 6.07 Å². The van der Waals surface area contributed by atoms with E-state index in [1.54, 1.807) is 42.5 Å². The summed E-state index contributed by atoms with van der Waals surface area (Å²) in [4.78, 5) is 23.2. The summed E-state index contributed by atoms with van der Waals surface area (Å²) in [7, 11) is 0. The van der Waals surface area contributed by atoms with Gasteiger partial charge >= 0.3 is 0 Å². The van der Waals surface area contributed by atoms with Crippen molar-refractivity contribution in [3.63, 3.8) is 0 Å². The van der Waals surface area contributed by atoms with Crippen LogP contribution in [-0.4, -0.2) is 18.4 Å². The first-order chi connectivity index (χ1) is 10.6. The normalized spacial score (nSPS) is 9.91. The molecule has 2 aromatic rings. The van der Waals surface area contributed by atoms with Crippen molar-refractivity contribution in [2.24, 2.45) is 0 Å². The van der Waals surface area contributed by atoms with Crippen LogP contribution in [0.3, 0.4) is 0 Å². The van der Waals surface area contributed by atoms with E-state index < -0.39 is 0 Å². The second kappa shape index (κ2) is 7.26. The lowest BCUT2D eigenvalue weighted by Crippen LogP contribution is -2.12. The first-order valence-electron chi connectivity index (χ1n) is 7.00. The van der Waals surface area contributed by atoms with E-state index in [1.807, 2.05) is 13.0 Å². The average Bonchev–Trinajstić information content (AvgIpc) is 2.49. The molecule has 0 aliphatic carbocycles. The molecule has 2 amide bonds. The third-order valence-electron chi connectivity index (χ3n) is 2.87. The average molecular weight is 298 g/mol. The van der Waals surface area contributed by atoms with Crippen LogP contribution >= 0.6 is 0 Å². The maximum atomic E-state index is 12.2.